The highest BCUT2D eigenvalue weighted by atomic mass is 19.1. The van der Waals surface area contributed by atoms with Gasteiger partial charge in [-0.15, -0.1) is 0 Å². The number of rotatable bonds is 3. The number of para-hydroxylation sites is 1. The first-order valence-corrected chi connectivity index (χ1v) is 7.22. The van der Waals surface area contributed by atoms with E-state index in [9.17, 15) is 9.18 Å². The number of nitrogens with one attached hydrogen (secondary N) is 2. The number of fused-ring (bicyclic) bond motifs is 1. The van der Waals surface area contributed by atoms with E-state index in [1.54, 1.807) is 0 Å². The molecule has 0 spiro atoms. The molecule has 0 saturated heterocycles. The molecule has 1 unspecified atom stereocenters. The summed E-state index contributed by atoms with van der Waals surface area (Å²) in [6, 6.07) is 13.3. The summed E-state index contributed by atoms with van der Waals surface area (Å²) in [5.74, 6) is 0.840. The first-order chi connectivity index (χ1) is 10.7. The summed E-state index contributed by atoms with van der Waals surface area (Å²) >= 11 is 0. The highest BCUT2D eigenvalue weighted by Gasteiger charge is 2.19. The lowest BCUT2D eigenvalue weighted by atomic mass is 9.97. The zero-order valence-electron chi connectivity index (χ0n) is 12.0. The number of carbonyl (C=O) groups excluding carboxylic acids is 1. The van der Waals surface area contributed by atoms with E-state index in [0.717, 1.165) is 12.2 Å². The van der Waals surface area contributed by atoms with Crippen LogP contribution in [-0.2, 0) is 6.42 Å². The van der Waals surface area contributed by atoms with Crippen molar-refractivity contribution in [2.45, 2.75) is 6.42 Å². The fourth-order valence-corrected chi connectivity index (χ4v) is 2.47. The van der Waals surface area contributed by atoms with Gasteiger partial charge in [-0.1, -0.05) is 18.2 Å². The predicted octanol–water partition coefficient (Wildman–Crippen LogP) is 3.20. The summed E-state index contributed by atoms with van der Waals surface area (Å²) in [5, 5.41) is 5.49. The van der Waals surface area contributed by atoms with Gasteiger partial charge >= 0.3 is 6.03 Å². The molecule has 3 rings (SSSR count). The molecule has 2 N–H and O–H groups in total. The second-order valence-corrected chi connectivity index (χ2v) is 5.33. The second-order valence-electron chi connectivity index (χ2n) is 5.33. The first-order valence-electron chi connectivity index (χ1n) is 7.22. The van der Waals surface area contributed by atoms with Gasteiger partial charge in [0, 0.05) is 18.2 Å². The summed E-state index contributed by atoms with van der Waals surface area (Å²) < 4.78 is 18.5. The number of ether oxygens (including phenoxy) is 1. The maximum absolute atomic E-state index is 12.8. The van der Waals surface area contributed by atoms with E-state index < -0.39 is 0 Å². The van der Waals surface area contributed by atoms with Crippen molar-refractivity contribution < 1.29 is 13.9 Å². The van der Waals surface area contributed by atoms with Crippen molar-refractivity contribution in [2.24, 2.45) is 5.92 Å². The van der Waals surface area contributed by atoms with Gasteiger partial charge in [-0.25, -0.2) is 9.18 Å². The van der Waals surface area contributed by atoms with E-state index in [4.69, 9.17) is 4.74 Å². The zero-order chi connectivity index (χ0) is 15.4. The molecule has 0 bridgehead atoms. The molecule has 5 heteroatoms. The lowest BCUT2D eigenvalue weighted by Gasteiger charge is -2.25. The SMILES string of the molecule is O=C(NCC1COc2ccccc2C1)Nc1ccc(F)cc1. The summed E-state index contributed by atoms with van der Waals surface area (Å²) in [6.07, 6.45) is 0.882. The van der Waals surface area contributed by atoms with E-state index in [-0.39, 0.29) is 17.8 Å². The summed E-state index contributed by atoms with van der Waals surface area (Å²) in [4.78, 5) is 11.8. The van der Waals surface area contributed by atoms with Crippen LogP contribution in [0.1, 0.15) is 5.56 Å². The Morgan fingerprint density at radius 1 is 1.18 bits per heavy atom. The van der Waals surface area contributed by atoms with Crippen molar-refractivity contribution in [1.82, 2.24) is 5.32 Å². The standard InChI is InChI=1S/C17H17FN2O2/c18-14-5-7-15(8-6-14)20-17(21)19-10-12-9-13-3-1-2-4-16(13)22-11-12/h1-8,12H,9-11H2,(H2,19,20,21). The highest BCUT2D eigenvalue weighted by molar-refractivity contribution is 5.89. The van der Waals surface area contributed by atoms with Crippen molar-refractivity contribution in [2.75, 3.05) is 18.5 Å². The minimum Gasteiger partial charge on any atom is -0.493 e. The zero-order valence-corrected chi connectivity index (χ0v) is 12.0. The Balaban J connectivity index is 1.49. The average molecular weight is 300 g/mol. The molecule has 1 atom stereocenters. The summed E-state index contributed by atoms with van der Waals surface area (Å²) in [6.45, 7) is 1.12. The number of carbonyl (C=O) groups is 1. The van der Waals surface area contributed by atoms with E-state index in [2.05, 4.69) is 10.6 Å². The van der Waals surface area contributed by atoms with E-state index in [0.29, 0.717) is 18.8 Å². The molecule has 114 valence electrons. The average Bonchev–Trinajstić information content (AvgIpc) is 2.55. The molecule has 4 nitrogen and oxygen atoms in total. The summed E-state index contributed by atoms with van der Waals surface area (Å²) in [5.41, 5.74) is 1.73. The Kier molecular flexibility index (Phi) is 4.23. The van der Waals surface area contributed by atoms with Crippen LogP contribution in [0.2, 0.25) is 0 Å². The molecule has 22 heavy (non-hydrogen) atoms. The minimum atomic E-state index is -0.330. The van der Waals surface area contributed by atoms with Crippen LogP contribution in [0, 0.1) is 11.7 Å². The lowest BCUT2D eigenvalue weighted by molar-refractivity contribution is 0.215. The van der Waals surface area contributed by atoms with Gasteiger partial charge in [0.1, 0.15) is 11.6 Å². The van der Waals surface area contributed by atoms with E-state index >= 15 is 0 Å². The Morgan fingerprint density at radius 3 is 2.77 bits per heavy atom. The van der Waals surface area contributed by atoms with Crippen molar-refractivity contribution in [3.63, 3.8) is 0 Å². The molecular formula is C17H17FN2O2. The fraction of sp³-hybridized carbons (Fsp3) is 0.235. The molecule has 0 fully saturated rings. The molecule has 1 aliphatic rings. The number of urea groups is 1. The van der Waals surface area contributed by atoms with Crippen molar-refractivity contribution in [3.8, 4) is 5.75 Å². The van der Waals surface area contributed by atoms with Gasteiger partial charge < -0.3 is 15.4 Å². The number of hydrogen-bond donors (Lipinski definition) is 2. The molecule has 1 heterocycles. The normalized spacial score (nSPS) is 16.3. The number of amides is 2. The van der Waals surface area contributed by atoms with Crippen LogP contribution < -0.4 is 15.4 Å². The third-order valence-corrected chi connectivity index (χ3v) is 3.61. The van der Waals surface area contributed by atoms with Crippen LogP contribution in [-0.4, -0.2) is 19.2 Å². The molecule has 0 saturated carbocycles. The predicted molar refractivity (Wildman–Crippen MR) is 82.6 cm³/mol. The van der Waals surface area contributed by atoms with Gasteiger partial charge in [0.05, 0.1) is 6.61 Å². The monoisotopic (exact) mass is 300 g/mol. The van der Waals surface area contributed by atoms with E-state index in [1.807, 2.05) is 24.3 Å². The van der Waals surface area contributed by atoms with Crippen LogP contribution in [0.5, 0.6) is 5.75 Å². The molecule has 2 amide bonds. The van der Waals surface area contributed by atoms with Gasteiger partial charge in [0.2, 0.25) is 0 Å². The van der Waals surface area contributed by atoms with E-state index in [1.165, 1.54) is 29.8 Å². The van der Waals surface area contributed by atoms with Gasteiger partial charge in [0.15, 0.2) is 0 Å². The maximum Gasteiger partial charge on any atom is 0.319 e. The molecule has 1 aliphatic heterocycles. The van der Waals surface area contributed by atoms with Crippen LogP contribution in [0.15, 0.2) is 48.5 Å². The van der Waals surface area contributed by atoms with Crippen LogP contribution in [0.25, 0.3) is 0 Å². The highest BCUT2D eigenvalue weighted by Crippen LogP contribution is 2.26. The number of halogens is 1. The number of hydrogen-bond acceptors (Lipinski definition) is 2. The lowest BCUT2D eigenvalue weighted by Crippen LogP contribution is -2.37. The minimum absolute atomic E-state index is 0.244. The van der Waals surface area contributed by atoms with Gasteiger partial charge in [-0.3, -0.25) is 0 Å². The number of anilines is 1. The molecule has 0 radical (unpaired) electrons. The third kappa shape index (κ3) is 3.55. The Hall–Kier alpha value is -2.56. The molecule has 0 aliphatic carbocycles. The smallest absolute Gasteiger partial charge is 0.319 e. The van der Waals surface area contributed by atoms with Crippen molar-refractivity contribution in [3.05, 3.63) is 59.9 Å². The molecular weight excluding hydrogens is 283 g/mol. The van der Waals surface area contributed by atoms with Crippen LogP contribution in [0.3, 0.4) is 0 Å². The van der Waals surface area contributed by atoms with Crippen LogP contribution >= 0.6 is 0 Å². The maximum atomic E-state index is 12.8. The Labute approximate surface area is 128 Å². The Bertz CT molecular complexity index is 658. The third-order valence-electron chi connectivity index (χ3n) is 3.61. The Morgan fingerprint density at radius 2 is 1.95 bits per heavy atom. The van der Waals surface area contributed by atoms with Gasteiger partial charge in [-0.05, 0) is 42.3 Å². The van der Waals surface area contributed by atoms with Crippen molar-refractivity contribution >= 4 is 11.7 Å². The quantitative estimate of drug-likeness (QED) is 0.914. The summed E-state index contributed by atoms with van der Waals surface area (Å²) in [7, 11) is 0. The molecule has 2 aromatic rings. The number of benzene rings is 2. The van der Waals surface area contributed by atoms with Crippen LogP contribution in [0.4, 0.5) is 14.9 Å². The molecule has 0 aromatic heterocycles. The first kappa shape index (κ1) is 14.4. The fourth-order valence-electron chi connectivity index (χ4n) is 2.47. The molecule has 2 aromatic carbocycles. The largest absolute Gasteiger partial charge is 0.493 e. The van der Waals surface area contributed by atoms with Crippen molar-refractivity contribution in [1.29, 1.82) is 0 Å². The van der Waals surface area contributed by atoms with Gasteiger partial charge in [-0.2, -0.15) is 0 Å². The second kappa shape index (κ2) is 6.47. The van der Waals surface area contributed by atoms with Gasteiger partial charge in [0.25, 0.3) is 0 Å². The topological polar surface area (TPSA) is 50.4 Å².